The van der Waals surface area contributed by atoms with Gasteiger partial charge in [0.15, 0.2) is 11.5 Å². The average Bonchev–Trinajstić information content (AvgIpc) is 3.42. The SMILES string of the molecule is CCc1nnc(NC(=O)/C(C#N)=C\c2ccc(OCc3ccc(-c4ccccc4C#N)cc3)c(OC)c2)s1. The van der Waals surface area contributed by atoms with Gasteiger partial charge in [-0.3, -0.25) is 10.1 Å². The smallest absolute Gasteiger partial charge is 0.268 e. The van der Waals surface area contributed by atoms with Crippen LogP contribution in [0.3, 0.4) is 0 Å². The number of methoxy groups -OCH3 is 1. The van der Waals surface area contributed by atoms with Gasteiger partial charge >= 0.3 is 0 Å². The van der Waals surface area contributed by atoms with E-state index in [0.29, 0.717) is 40.8 Å². The highest BCUT2D eigenvalue weighted by atomic mass is 32.1. The third-order valence-electron chi connectivity index (χ3n) is 5.56. The second-order valence-electron chi connectivity index (χ2n) is 8.03. The summed E-state index contributed by atoms with van der Waals surface area (Å²) in [6.45, 7) is 2.25. The van der Waals surface area contributed by atoms with E-state index >= 15 is 0 Å². The van der Waals surface area contributed by atoms with Gasteiger partial charge in [0.05, 0.1) is 18.7 Å². The maximum absolute atomic E-state index is 12.5. The molecular formula is C29H23N5O3S. The first-order valence-corrected chi connectivity index (χ1v) is 12.5. The molecule has 0 aliphatic rings. The molecule has 0 aliphatic carbocycles. The predicted molar refractivity (Wildman–Crippen MR) is 145 cm³/mol. The highest BCUT2D eigenvalue weighted by Crippen LogP contribution is 2.30. The lowest BCUT2D eigenvalue weighted by molar-refractivity contribution is -0.112. The lowest BCUT2D eigenvalue weighted by Gasteiger charge is -2.12. The number of amides is 1. The Balaban J connectivity index is 1.44. The van der Waals surface area contributed by atoms with E-state index in [1.165, 1.54) is 24.5 Å². The number of hydrogen-bond donors (Lipinski definition) is 1. The summed E-state index contributed by atoms with van der Waals surface area (Å²) in [5, 5.41) is 30.5. The fourth-order valence-corrected chi connectivity index (χ4v) is 4.27. The minimum atomic E-state index is -0.563. The van der Waals surface area contributed by atoms with Gasteiger partial charge in [0, 0.05) is 0 Å². The molecule has 0 saturated carbocycles. The zero-order valence-corrected chi connectivity index (χ0v) is 21.6. The molecule has 4 aromatic rings. The molecule has 1 N–H and O–H groups in total. The molecule has 0 saturated heterocycles. The lowest BCUT2D eigenvalue weighted by Crippen LogP contribution is -2.13. The van der Waals surface area contributed by atoms with Crippen molar-refractivity contribution in [3.05, 3.63) is 94.0 Å². The molecule has 0 spiro atoms. The third kappa shape index (κ3) is 6.22. The van der Waals surface area contributed by atoms with Crippen LogP contribution < -0.4 is 14.8 Å². The lowest BCUT2D eigenvalue weighted by atomic mass is 9.99. The van der Waals surface area contributed by atoms with Gasteiger partial charge < -0.3 is 9.47 Å². The highest BCUT2D eigenvalue weighted by molar-refractivity contribution is 7.15. The van der Waals surface area contributed by atoms with Crippen LogP contribution in [0.4, 0.5) is 5.13 Å². The molecule has 1 heterocycles. The van der Waals surface area contributed by atoms with Gasteiger partial charge in [-0.15, -0.1) is 10.2 Å². The van der Waals surface area contributed by atoms with Crippen LogP contribution in [-0.4, -0.2) is 23.2 Å². The van der Waals surface area contributed by atoms with Crippen LogP contribution in [0.5, 0.6) is 11.5 Å². The van der Waals surface area contributed by atoms with Gasteiger partial charge in [-0.05, 0) is 52.9 Å². The van der Waals surface area contributed by atoms with Crippen LogP contribution in [-0.2, 0) is 17.8 Å². The minimum absolute atomic E-state index is 0.0768. The molecule has 4 rings (SSSR count). The molecule has 3 aromatic carbocycles. The van der Waals surface area contributed by atoms with Crippen molar-refractivity contribution >= 4 is 28.5 Å². The Hall–Kier alpha value is -4.99. The number of carbonyl (C=O) groups is 1. The zero-order valence-electron chi connectivity index (χ0n) is 20.8. The number of nitrogens with one attached hydrogen (secondary N) is 1. The molecule has 0 bridgehead atoms. The number of aromatic nitrogens is 2. The van der Waals surface area contributed by atoms with Gasteiger partial charge in [-0.1, -0.05) is 66.8 Å². The maximum atomic E-state index is 12.5. The average molecular weight is 522 g/mol. The minimum Gasteiger partial charge on any atom is -0.493 e. The monoisotopic (exact) mass is 521 g/mol. The van der Waals surface area contributed by atoms with E-state index in [0.717, 1.165) is 21.7 Å². The number of carbonyl (C=O) groups excluding carboxylic acids is 1. The maximum Gasteiger partial charge on any atom is 0.268 e. The van der Waals surface area contributed by atoms with E-state index in [1.54, 1.807) is 24.3 Å². The van der Waals surface area contributed by atoms with Crippen molar-refractivity contribution in [3.8, 4) is 34.8 Å². The van der Waals surface area contributed by atoms with Gasteiger partial charge in [0.25, 0.3) is 5.91 Å². The summed E-state index contributed by atoms with van der Waals surface area (Å²) >= 11 is 1.27. The van der Waals surface area contributed by atoms with Crippen LogP contribution in [0.1, 0.15) is 28.6 Å². The highest BCUT2D eigenvalue weighted by Gasteiger charge is 2.14. The fourth-order valence-electron chi connectivity index (χ4n) is 3.59. The zero-order chi connectivity index (χ0) is 26.9. The number of rotatable bonds is 9. The summed E-state index contributed by atoms with van der Waals surface area (Å²) in [6, 6.07) is 24.6. The molecule has 1 aromatic heterocycles. The Morgan fingerprint density at radius 1 is 1.05 bits per heavy atom. The first kappa shape index (κ1) is 26.1. The fraction of sp³-hybridized carbons (Fsp3) is 0.138. The Morgan fingerprint density at radius 2 is 1.84 bits per heavy atom. The quantitative estimate of drug-likeness (QED) is 0.219. The second kappa shape index (κ2) is 12.3. The number of hydrogen-bond acceptors (Lipinski definition) is 8. The number of nitrogens with zero attached hydrogens (tertiary/aromatic N) is 4. The van der Waals surface area contributed by atoms with Crippen LogP contribution in [0.15, 0.2) is 72.3 Å². The standard InChI is InChI=1S/C29H23N5O3S/c1-3-27-33-34-29(38-27)32-28(35)23(17-31)14-20-10-13-25(26(15-20)36-2)37-18-19-8-11-21(12-9-19)24-7-5-4-6-22(24)16-30/h4-15H,3,18H2,1-2H3,(H,32,34,35)/b23-14-. The normalized spacial score (nSPS) is 10.8. The third-order valence-corrected chi connectivity index (χ3v) is 6.54. The van der Waals surface area contributed by atoms with Crippen LogP contribution in [0.2, 0.25) is 0 Å². The van der Waals surface area contributed by atoms with Crippen molar-refractivity contribution in [1.82, 2.24) is 10.2 Å². The molecular weight excluding hydrogens is 498 g/mol. The van der Waals surface area contributed by atoms with Crippen molar-refractivity contribution in [2.24, 2.45) is 0 Å². The van der Waals surface area contributed by atoms with E-state index in [-0.39, 0.29) is 5.57 Å². The molecule has 0 radical (unpaired) electrons. The van der Waals surface area contributed by atoms with Gasteiger partial charge in [0.2, 0.25) is 5.13 Å². The van der Waals surface area contributed by atoms with Gasteiger partial charge in [-0.2, -0.15) is 10.5 Å². The first-order valence-electron chi connectivity index (χ1n) is 11.7. The molecule has 0 aliphatic heterocycles. The van der Waals surface area contributed by atoms with Crippen molar-refractivity contribution in [1.29, 1.82) is 10.5 Å². The topological polar surface area (TPSA) is 121 Å². The van der Waals surface area contributed by atoms with Crippen molar-refractivity contribution in [2.45, 2.75) is 20.0 Å². The number of nitriles is 2. The number of ether oxygens (including phenoxy) is 2. The molecule has 38 heavy (non-hydrogen) atoms. The molecule has 9 heteroatoms. The molecule has 1 amide bonds. The van der Waals surface area contributed by atoms with Crippen LogP contribution >= 0.6 is 11.3 Å². The molecule has 0 unspecified atom stereocenters. The van der Waals surface area contributed by atoms with Crippen LogP contribution in [0, 0.1) is 22.7 Å². The van der Waals surface area contributed by atoms with E-state index in [9.17, 15) is 15.3 Å². The van der Waals surface area contributed by atoms with Crippen LogP contribution in [0.25, 0.3) is 17.2 Å². The summed E-state index contributed by atoms with van der Waals surface area (Å²) < 4.78 is 11.5. The van der Waals surface area contributed by atoms with Gasteiger partial charge in [0.1, 0.15) is 23.3 Å². The Bertz CT molecular complexity index is 1560. The summed E-state index contributed by atoms with van der Waals surface area (Å²) in [5.41, 5.74) is 3.93. The first-order chi connectivity index (χ1) is 18.5. The second-order valence-corrected chi connectivity index (χ2v) is 9.09. The molecule has 0 fully saturated rings. The Kier molecular flexibility index (Phi) is 8.45. The van der Waals surface area contributed by atoms with E-state index in [2.05, 4.69) is 21.6 Å². The largest absolute Gasteiger partial charge is 0.493 e. The van der Waals surface area contributed by atoms with Gasteiger partial charge in [-0.25, -0.2) is 0 Å². The number of aryl methyl sites for hydroxylation is 1. The predicted octanol–water partition coefficient (Wildman–Crippen LogP) is 5.77. The Labute approximate surface area is 224 Å². The van der Waals surface area contributed by atoms with Crippen molar-refractivity contribution in [2.75, 3.05) is 12.4 Å². The molecule has 8 nitrogen and oxygen atoms in total. The van der Waals surface area contributed by atoms with Crippen molar-refractivity contribution < 1.29 is 14.3 Å². The van der Waals surface area contributed by atoms with E-state index < -0.39 is 5.91 Å². The van der Waals surface area contributed by atoms with E-state index in [4.69, 9.17) is 9.47 Å². The summed E-state index contributed by atoms with van der Waals surface area (Å²) in [4.78, 5) is 12.5. The van der Waals surface area contributed by atoms with E-state index in [1.807, 2.05) is 55.5 Å². The summed E-state index contributed by atoms with van der Waals surface area (Å²) in [5.74, 6) is 0.423. The summed E-state index contributed by atoms with van der Waals surface area (Å²) in [6.07, 6.45) is 2.19. The molecule has 188 valence electrons. The summed E-state index contributed by atoms with van der Waals surface area (Å²) in [7, 11) is 1.52. The van der Waals surface area contributed by atoms with Crippen molar-refractivity contribution in [3.63, 3.8) is 0 Å². The Morgan fingerprint density at radius 3 is 2.53 bits per heavy atom. The molecule has 0 atom stereocenters. The number of anilines is 1. The number of benzene rings is 3.